The highest BCUT2D eigenvalue weighted by Gasteiger charge is 2.20. The predicted molar refractivity (Wildman–Crippen MR) is 54.5 cm³/mol. The van der Waals surface area contributed by atoms with Crippen LogP contribution >= 0.6 is 0 Å². The molecule has 80 valence electrons. The van der Waals surface area contributed by atoms with Crippen molar-refractivity contribution >= 4 is 22.7 Å². The molecule has 15 heavy (non-hydrogen) atoms. The summed E-state index contributed by atoms with van der Waals surface area (Å²) in [5.41, 5.74) is -0.0487. The van der Waals surface area contributed by atoms with Crippen molar-refractivity contribution in [1.29, 1.82) is 0 Å². The highest BCUT2D eigenvalue weighted by Crippen LogP contribution is 2.17. The molecule has 0 aliphatic heterocycles. The largest absolute Gasteiger partial charge is 0.465 e. The van der Waals surface area contributed by atoms with Crippen LogP contribution in [0.5, 0.6) is 0 Å². The van der Waals surface area contributed by atoms with Crippen LogP contribution in [0.3, 0.4) is 0 Å². The molecule has 0 heterocycles. The van der Waals surface area contributed by atoms with Crippen LogP contribution in [0.25, 0.3) is 0 Å². The highest BCUT2D eigenvalue weighted by molar-refractivity contribution is 7.90. The van der Waals surface area contributed by atoms with Gasteiger partial charge in [0.2, 0.25) is 0 Å². The molecule has 0 aromatic heterocycles. The van der Waals surface area contributed by atoms with Gasteiger partial charge in [-0.05, 0) is 12.1 Å². The van der Waals surface area contributed by atoms with Crippen molar-refractivity contribution in [3.05, 3.63) is 29.8 Å². The van der Waals surface area contributed by atoms with E-state index >= 15 is 0 Å². The summed E-state index contributed by atoms with van der Waals surface area (Å²) in [7, 11) is -2.70. The van der Waals surface area contributed by atoms with E-state index in [1.807, 2.05) is 0 Å². The van der Waals surface area contributed by atoms with Crippen molar-refractivity contribution in [2.45, 2.75) is 4.90 Å². The number of sulfonamides is 1. The first-order valence-electron chi connectivity index (χ1n) is 3.93. The first-order valence-corrected chi connectivity index (χ1v) is 5.37. The maximum atomic E-state index is 11.4. The molecule has 0 atom stereocenters. The van der Waals surface area contributed by atoms with E-state index in [0.717, 1.165) is 0 Å². The molecule has 0 N–H and O–H groups in total. The number of methoxy groups -OCH3 is 1. The Morgan fingerprint density at radius 1 is 1.40 bits per heavy atom. The minimum Gasteiger partial charge on any atom is -0.465 e. The Morgan fingerprint density at radius 3 is 2.53 bits per heavy atom. The standard InChI is InChI=1S/C9H9NO4S/c1-10-15(12,13)8-6-4-3-5-7(8)9(11)14-2/h3-6H,1H2,2H3. The lowest BCUT2D eigenvalue weighted by Gasteiger charge is -2.04. The third-order valence-corrected chi connectivity index (χ3v) is 2.99. The summed E-state index contributed by atoms with van der Waals surface area (Å²) >= 11 is 0. The number of hydrogen-bond acceptors (Lipinski definition) is 4. The van der Waals surface area contributed by atoms with Gasteiger partial charge >= 0.3 is 5.97 Å². The third kappa shape index (κ3) is 2.21. The highest BCUT2D eigenvalue weighted by atomic mass is 32.2. The van der Waals surface area contributed by atoms with Crippen molar-refractivity contribution in [1.82, 2.24) is 0 Å². The molecule has 0 fully saturated rings. The molecule has 0 spiro atoms. The van der Waals surface area contributed by atoms with Crippen LogP contribution < -0.4 is 0 Å². The summed E-state index contributed by atoms with van der Waals surface area (Å²) < 4.78 is 30.2. The number of hydrogen-bond donors (Lipinski definition) is 0. The maximum Gasteiger partial charge on any atom is 0.339 e. The molecule has 1 rings (SSSR count). The van der Waals surface area contributed by atoms with Crippen molar-refractivity contribution in [3.8, 4) is 0 Å². The van der Waals surface area contributed by atoms with Gasteiger partial charge in [0.1, 0.15) is 4.90 Å². The quantitative estimate of drug-likeness (QED) is 0.567. The summed E-state index contributed by atoms with van der Waals surface area (Å²) in [4.78, 5) is 11.0. The van der Waals surface area contributed by atoms with E-state index in [1.165, 1.54) is 31.4 Å². The number of nitrogens with zero attached hydrogens (tertiary/aromatic N) is 1. The van der Waals surface area contributed by atoms with Gasteiger partial charge in [0.25, 0.3) is 10.0 Å². The van der Waals surface area contributed by atoms with Crippen molar-refractivity contribution in [2.24, 2.45) is 4.40 Å². The fourth-order valence-electron chi connectivity index (χ4n) is 1.04. The smallest absolute Gasteiger partial charge is 0.339 e. The Hall–Kier alpha value is -1.69. The lowest BCUT2D eigenvalue weighted by atomic mass is 10.2. The Morgan fingerprint density at radius 2 is 2.00 bits per heavy atom. The normalized spacial score (nSPS) is 10.7. The topological polar surface area (TPSA) is 72.8 Å². The number of rotatable bonds is 3. The summed E-state index contributed by atoms with van der Waals surface area (Å²) in [6, 6.07) is 5.65. The van der Waals surface area contributed by atoms with E-state index < -0.39 is 16.0 Å². The minimum absolute atomic E-state index is 0.0487. The Bertz CT molecular complexity index is 493. The first kappa shape index (κ1) is 11.4. The molecule has 5 nitrogen and oxygen atoms in total. The minimum atomic E-state index is -3.87. The Balaban J connectivity index is 3.43. The van der Waals surface area contributed by atoms with Crippen LogP contribution in [-0.2, 0) is 14.8 Å². The number of carbonyl (C=O) groups excluding carboxylic acids is 1. The van der Waals surface area contributed by atoms with Crippen LogP contribution in [-0.4, -0.2) is 28.2 Å². The molecule has 0 radical (unpaired) electrons. The SMILES string of the molecule is C=NS(=O)(=O)c1ccccc1C(=O)OC. The monoisotopic (exact) mass is 227 g/mol. The summed E-state index contributed by atoms with van der Waals surface area (Å²) in [5, 5.41) is 0. The van der Waals surface area contributed by atoms with Crippen molar-refractivity contribution in [3.63, 3.8) is 0 Å². The van der Waals surface area contributed by atoms with Gasteiger partial charge in [-0.25, -0.2) is 4.79 Å². The van der Waals surface area contributed by atoms with E-state index in [4.69, 9.17) is 0 Å². The molecule has 0 saturated carbocycles. The van der Waals surface area contributed by atoms with E-state index in [2.05, 4.69) is 15.9 Å². The van der Waals surface area contributed by atoms with Crippen molar-refractivity contribution < 1.29 is 17.9 Å². The second-order valence-corrected chi connectivity index (χ2v) is 4.24. The van der Waals surface area contributed by atoms with Gasteiger partial charge in [-0.2, -0.15) is 12.8 Å². The number of carbonyl (C=O) groups is 1. The number of benzene rings is 1. The maximum absolute atomic E-state index is 11.4. The average Bonchev–Trinajstić information content (AvgIpc) is 2.28. The molecule has 6 heteroatoms. The molecule has 0 amide bonds. The fraction of sp³-hybridized carbons (Fsp3) is 0.111. The molecule has 0 aliphatic carbocycles. The van der Waals surface area contributed by atoms with Crippen LogP contribution in [0.15, 0.2) is 33.6 Å². The zero-order chi connectivity index (χ0) is 11.5. The molecule has 0 saturated heterocycles. The second kappa shape index (κ2) is 4.22. The Labute approximate surface area is 87.5 Å². The van der Waals surface area contributed by atoms with Gasteiger partial charge in [-0.3, -0.25) is 0 Å². The molecular weight excluding hydrogens is 218 g/mol. The van der Waals surface area contributed by atoms with E-state index in [0.29, 0.717) is 0 Å². The van der Waals surface area contributed by atoms with E-state index in [1.54, 1.807) is 0 Å². The third-order valence-electron chi connectivity index (χ3n) is 1.74. The van der Waals surface area contributed by atoms with Crippen LogP contribution in [0.4, 0.5) is 0 Å². The molecule has 1 aromatic carbocycles. The lowest BCUT2D eigenvalue weighted by molar-refractivity contribution is 0.0596. The second-order valence-electron chi connectivity index (χ2n) is 2.59. The number of esters is 1. The lowest BCUT2D eigenvalue weighted by Crippen LogP contribution is -2.08. The molecule has 0 aliphatic rings. The zero-order valence-electron chi connectivity index (χ0n) is 8.00. The van der Waals surface area contributed by atoms with Crippen LogP contribution in [0.2, 0.25) is 0 Å². The first-order chi connectivity index (χ1) is 7.03. The average molecular weight is 227 g/mol. The van der Waals surface area contributed by atoms with E-state index in [9.17, 15) is 13.2 Å². The van der Waals surface area contributed by atoms with Gasteiger partial charge in [0.05, 0.1) is 12.7 Å². The fourth-order valence-corrected chi connectivity index (χ4v) is 1.86. The molecule has 0 unspecified atom stereocenters. The van der Waals surface area contributed by atoms with Gasteiger partial charge < -0.3 is 4.74 Å². The van der Waals surface area contributed by atoms with Gasteiger partial charge in [0, 0.05) is 6.72 Å². The number of ether oxygens (including phenoxy) is 1. The van der Waals surface area contributed by atoms with E-state index in [-0.39, 0.29) is 10.5 Å². The summed E-state index contributed by atoms with van der Waals surface area (Å²) in [6.45, 7) is 2.94. The van der Waals surface area contributed by atoms with Gasteiger partial charge in [-0.1, -0.05) is 12.1 Å². The zero-order valence-corrected chi connectivity index (χ0v) is 8.82. The predicted octanol–water partition coefficient (Wildman–Crippen LogP) is 0.863. The summed E-state index contributed by atoms with van der Waals surface area (Å²) in [6.07, 6.45) is 0. The van der Waals surface area contributed by atoms with Gasteiger partial charge in [0.15, 0.2) is 0 Å². The molecular formula is C9H9NO4S. The molecule has 1 aromatic rings. The summed E-state index contributed by atoms with van der Waals surface area (Å²) in [5.74, 6) is -0.724. The van der Waals surface area contributed by atoms with Crippen LogP contribution in [0, 0.1) is 0 Å². The Kier molecular flexibility index (Phi) is 3.21. The molecule has 0 bridgehead atoms. The van der Waals surface area contributed by atoms with Crippen LogP contribution in [0.1, 0.15) is 10.4 Å². The van der Waals surface area contributed by atoms with Crippen molar-refractivity contribution in [2.75, 3.05) is 7.11 Å². The van der Waals surface area contributed by atoms with Gasteiger partial charge in [-0.15, -0.1) is 0 Å².